The van der Waals surface area contributed by atoms with Crippen molar-refractivity contribution in [2.24, 2.45) is 5.92 Å². The fourth-order valence-corrected chi connectivity index (χ4v) is 2.11. The Balaban J connectivity index is 2.09. The molecule has 1 fully saturated rings. The normalized spacial score (nSPS) is 20.9. The van der Waals surface area contributed by atoms with Crippen LogP contribution in [0.4, 0.5) is 5.82 Å². The number of aliphatic hydroxyl groups is 1. The van der Waals surface area contributed by atoms with E-state index < -0.39 is 0 Å². The first kappa shape index (κ1) is 10.4. The topological polar surface area (TPSA) is 36.4 Å². The summed E-state index contributed by atoms with van der Waals surface area (Å²) >= 11 is 0. The molecular weight excluding hydrogens is 188 g/mol. The Labute approximate surface area is 90.8 Å². The minimum atomic E-state index is 0.0267. The summed E-state index contributed by atoms with van der Waals surface area (Å²) in [6.45, 7) is 4.48. The molecule has 0 radical (unpaired) electrons. The Bertz CT molecular complexity index is 327. The van der Waals surface area contributed by atoms with Crippen LogP contribution in [0.1, 0.15) is 25.5 Å². The highest BCUT2D eigenvalue weighted by atomic mass is 16.3. The minimum absolute atomic E-state index is 0.0267. The number of nitrogens with zero attached hydrogens (tertiary/aromatic N) is 2. The maximum Gasteiger partial charge on any atom is 0.128 e. The standard InChI is InChI=1S/C12H18N2O/c1-2-10-6-7-14(8-10)12-5-3-4-11(9-15)13-12/h3-5,10,15H,2,6-9H2,1H3. The van der Waals surface area contributed by atoms with E-state index in [0.717, 1.165) is 30.5 Å². The molecule has 2 rings (SSSR count). The average Bonchev–Trinajstić information content (AvgIpc) is 2.78. The maximum atomic E-state index is 9.02. The molecule has 0 aliphatic carbocycles. The molecular formula is C12H18N2O. The first-order chi connectivity index (χ1) is 7.33. The molecule has 1 N–H and O–H groups in total. The smallest absolute Gasteiger partial charge is 0.128 e. The summed E-state index contributed by atoms with van der Waals surface area (Å²) in [6.07, 6.45) is 2.51. The number of hydrogen-bond donors (Lipinski definition) is 1. The highest BCUT2D eigenvalue weighted by Crippen LogP contribution is 2.23. The maximum absolute atomic E-state index is 9.02. The molecule has 2 heterocycles. The number of aromatic nitrogens is 1. The average molecular weight is 206 g/mol. The van der Waals surface area contributed by atoms with Crippen molar-refractivity contribution in [1.82, 2.24) is 4.98 Å². The predicted octanol–water partition coefficient (Wildman–Crippen LogP) is 1.81. The molecule has 1 saturated heterocycles. The molecule has 1 aromatic rings. The zero-order valence-corrected chi connectivity index (χ0v) is 9.19. The quantitative estimate of drug-likeness (QED) is 0.819. The zero-order chi connectivity index (χ0) is 10.7. The van der Waals surface area contributed by atoms with Crippen LogP contribution in [0.15, 0.2) is 18.2 Å². The summed E-state index contributed by atoms with van der Waals surface area (Å²) in [5.74, 6) is 1.82. The molecule has 1 aliphatic rings. The molecule has 1 atom stereocenters. The lowest BCUT2D eigenvalue weighted by atomic mass is 10.1. The summed E-state index contributed by atoms with van der Waals surface area (Å²) in [7, 11) is 0. The van der Waals surface area contributed by atoms with Crippen molar-refractivity contribution < 1.29 is 5.11 Å². The summed E-state index contributed by atoms with van der Waals surface area (Å²) in [4.78, 5) is 6.73. The lowest BCUT2D eigenvalue weighted by Crippen LogP contribution is -2.20. The molecule has 3 heteroatoms. The van der Waals surface area contributed by atoms with E-state index in [4.69, 9.17) is 5.11 Å². The highest BCUT2D eigenvalue weighted by Gasteiger charge is 2.21. The van der Waals surface area contributed by atoms with Crippen molar-refractivity contribution >= 4 is 5.82 Å². The van der Waals surface area contributed by atoms with Crippen molar-refractivity contribution in [3.8, 4) is 0 Å². The first-order valence-corrected chi connectivity index (χ1v) is 5.65. The summed E-state index contributed by atoms with van der Waals surface area (Å²) in [5, 5.41) is 9.02. The van der Waals surface area contributed by atoms with Gasteiger partial charge in [0.05, 0.1) is 12.3 Å². The SMILES string of the molecule is CCC1CCN(c2cccc(CO)n2)C1. The number of rotatable bonds is 3. The summed E-state index contributed by atoms with van der Waals surface area (Å²) in [5.41, 5.74) is 0.757. The Morgan fingerprint density at radius 1 is 1.53 bits per heavy atom. The van der Waals surface area contributed by atoms with Crippen LogP contribution in [0.25, 0.3) is 0 Å². The fourth-order valence-electron chi connectivity index (χ4n) is 2.11. The van der Waals surface area contributed by atoms with Gasteiger partial charge in [-0.05, 0) is 24.5 Å². The second kappa shape index (κ2) is 4.62. The van der Waals surface area contributed by atoms with Crippen LogP contribution in [0, 0.1) is 5.92 Å². The Kier molecular flexibility index (Phi) is 3.21. The van der Waals surface area contributed by atoms with Gasteiger partial charge in [0.2, 0.25) is 0 Å². The van der Waals surface area contributed by atoms with Crippen LogP contribution >= 0.6 is 0 Å². The third-order valence-corrected chi connectivity index (χ3v) is 3.14. The van der Waals surface area contributed by atoms with Crippen LogP contribution in [-0.4, -0.2) is 23.2 Å². The highest BCUT2D eigenvalue weighted by molar-refractivity contribution is 5.40. The number of hydrogen-bond acceptors (Lipinski definition) is 3. The van der Waals surface area contributed by atoms with Gasteiger partial charge in [0.25, 0.3) is 0 Å². The number of pyridine rings is 1. The lowest BCUT2D eigenvalue weighted by molar-refractivity contribution is 0.277. The summed E-state index contributed by atoms with van der Waals surface area (Å²) in [6, 6.07) is 5.85. The van der Waals surface area contributed by atoms with E-state index in [0.29, 0.717) is 0 Å². The molecule has 0 spiro atoms. The van der Waals surface area contributed by atoms with Gasteiger partial charge in [-0.3, -0.25) is 0 Å². The number of aliphatic hydroxyl groups excluding tert-OH is 1. The van der Waals surface area contributed by atoms with Gasteiger partial charge >= 0.3 is 0 Å². The molecule has 0 amide bonds. The van der Waals surface area contributed by atoms with E-state index in [2.05, 4.69) is 16.8 Å². The van der Waals surface area contributed by atoms with E-state index in [1.165, 1.54) is 12.8 Å². The van der Waals surface area contributed by atoms with Gasteiger partial charge in [0.1, 0.15) is 5.82 Å². The molecule has 1 aliphatic heterocycles. The van der Waals surface area contributed by atoms with Gasteiger partial charge in [-0.15, -0.1) is 0 Å². The van der Waals surface area contributed by atoms with Crippen LogP contribution in [-0.2, 0) is 6.61 Å². The van der Waals surface area contributed by atoms with Crippen molar-refractivity contribution in [2.75, 3.05) is 18.0 Å². The molecule has 3 nitrogen and oxygen atoms in total. The van der Waals surface area contributed by atoms with Crippen LogP contribution in [0.2, 0.25) is 0 Å². The molecule has 1 unspecified atom stereocenters. The van der Waals surface area contributed by atoms with E-state index in [1.54, 1.807) is 0 Å². The Morgan fingerprint density at radius 2 is 2.40 bits per heavy atom. The first-order valence-electron chi connectivity index (χ1n) is 5.65. The molecule has 82 valence electrons. The minimum Gasteiger partial charge on any atom is -0.390 e. The van der Waals surface area contributed by atoms with Gasteiger partial charge in [0, 0.05) is 13.1 Å². The third kappa shape index (κ3) is 2.29. The van der Waals surface area contributed by atoms with E-state index in [-0.39, 0.29) is 6.61 Å². The largest absolute Gasteiger partial charge is 0.390 e. The monoisotopic (exact) mass is 206 g/mol. The molecule has 15 heavy (non-hydrogen) atoms. The van der Waals surface area contributed by atoms with Crippen molar-refractivity contribution in [3.05, 3.63) is 23.9 Å². The lowest BCUT2D eigenvalue weighted by Gasteiger charge is -2.17. The van der Waals surface area contributed by atoms with Gasteiger partial charge in [0.15, 0.2) is 0 Å². The molecule has 0 bridgehead atoms. The molecule has 0 aromatic carbocycles. The van der Waals surface area contributed by atoms with Crippen LogP contribution in [0.3, 0.4) is 0 Å². The van der Waals surface area contributed by atoms with Crippen LogP contribution < -0.4 is 4.90 Å². The number of anilines is 1. The molecule has 1 aromatic heterocycles. The van der Waals surface area contributed by atoms with Crippen LogP contribution in [0.5, 0.6) is 0 Å². The van der Waals surface area contributed by atoms with Crippen molar-refractivity contribution in [1.29, 1.82) is 0 Å². The Hall–Kier alpha value is -1.09. The molecule has 0 saturated carbocycles. The van der Waals surface area contributed by atoms with E-state index >= 15 is 0 Å². The predicted molar refractivity (Wildman–Crippen MR) is 60.8 cm³/mol. The Morgan fingerprint density at radius 3 is 3.07 bits per heavy atom. The second-order valence-corrected chi connectivity index (χ2v) is 4.15. The van der Waals surface area contributed by atoms with Gasteiger partial charge in [-0.1, -0.05) is 19.4 Å². The third-order valence-electron chi connectivity index (χ3n) is 3.14. The summed E-state index contributed by atoms with van der Waals surface area (Å²) < 4.78 is 0. The van der Waals surface area contributed by atoms with Crippen molar-refractivity contribution in [2.45, 2.75) is 26.4 Å². The van der Waals surface area contributed by atoms with Gasteiger partial charge in [-0.2, -0.15) is 0 Å². The van der Waals surface area contributed by atoms with E-state index in [9.17, 15) is 0 Å². The fraction of sp³-hybridized carbons (Fsp3) is 0.583. The van der Waals surface area contributed by atoms with Gasteiger partial charge in [-0.25, -0.2) is 4.98 Å². The zero-order valence-electron chi connectivity index (χ0n) is 9.19. The van der Waals surface area contributed by atoms with Gasteiger partial charge < -0.3 is 10.0 Å². The van der Waals surface area contributed by atoms with E-state index in [1.807, 2.05) is 18.2 Å². The second-order valence-electron chi connectivity index (χ2n) is 4.15. The van der Waals surface area contributed by atoms with Crippen molar-refractivity contribution in [3.63, 3.8) is 0 Å².